The summed E-state index contributed by atoms with van der Waals surface area (Å²) in [6, 6.07) is 13.9. The molecule has 2 aliphatic rings. The Morgan fingerprint density at radius 3 is 2.32 bits per heavy atom. The smallest absolute Gasteiger partial charge is 0.252 e. The number of nitrogens with zero attached hydrogens (tertiary/aromatic N) is 2. The molecule has 0 aliphatic carbocycles. The zero-order valence-electron chi connectivity index (χ0n) is 18.2. The van der Waals surface area contributed by atoms with Crippen molar-refractivity contribution in [1.82, 2.24) is 0 Å². The molecule has 0 radical (unpaired) electrons. The molecule has 2 fully saturated rings. The standard InChI is InChI=1S/C24H28N2O3S2/c1-4-18-7-6-8-19(5-2)23(18)26-20-14-31(28,29)15-21(20)30-24(26)25-22(27)13-17-11-9-16(3)10-12-17/h6-12,20-21H,4-5,13-15H2,1-3H3/t20-,21-/m1/s1. The van der Waals surface area contributed by atoms with E-state index in [-0.39, 0.29) is 35.1 Å². The van der Waals surface area contributed by atoms with Crippen molar-refractivity contribution in [3.8, 4) is 0 Å². The molecule has 1 amide bonds. The van der Waals surface area contributed by atoms with Crippen molar-refractivity contribution < 1.29 is 13.2 Å². The topological polar surface area (TPSA) is 66.8 Å². The molecule has 7 heteroatoms. The van der Waals surface area contributed by atoms with Gasteiger partial charge in [0.2, 0.25) is 0 Å². The Balaban J connectivity index is 1.73. The lowest BCUT2D eigenvalue weighted by atomic mass is 10.0. The number of amidine groups is 1. The minimum absolute atomic E-state index is 0.0921. The van der Waals surface area contributed by atoms with Crippen molar-refractivity contribution >= 4 is 38.4 Å². The number of carbonyl (C=O) groups excluding carboxylic acids is 1. The summed E-state index contributed by atoms with van der Waals surface area (Å²) in [5.74, 6) is 0.0442. The van der Waals surface area contributed by atoms with Gasteiger partial charge in [-0.05, 0) is 36.5 Å². The first-order valence-electron chi connectivity index (χ1n) is 10.8. The Bertz CT molecular complexity index is 1100. The molecule has 0 saturated carbocycles. The molecule has 4 rings (SSSR count). The van der Waals surface area contributed by atoms with Gasteiger partial charge in [0.1, 0.15) is 0 Å². The van der Waals surface area contributed by atoms with Crippen molar-refractivity contribution in [2.45, 2.75) is 51.3 Å². The number of benzene rings is 2. The molecule has 0 bridgehead atoms. The van der Waals surface area contributed by atoms with E-state index in [2.05, 4.69) is 35.9 Å². The van der Waals surface area contributed by atoms with Crippen LogP contribution in [0, 0.1) is 6.92 Å². The van der Waals surface area contributed by atoms with E-state index in [1.807, 2.05) is 37.3 Å². The van der Waals surface area contributed by atoms with Crippen LogP contribution in [0.1, 0.15) is 36.1 Å². The number of anilines is 1. The second-order valence-corrected chi connectivity index (χ2v) is 11.6. The minimum atomic E-state index is -3.09. The number of hydrogen-bond acceptors (Lipinski definition) is 4. The van der Waals surface area contributed by atoms with Crippen LogP contribution >= 0.6 is 11.8 Å². The van der Waals surface area contributed by atoms with Crippen LogP contribution in [0.5, 0.6) is 0 Å². The van der Waals surface area contributed by atoms with Crippen molar-refractivity contribution in [1.29, 1.82) is 0 Å². The maximum Gasteiger partial charge on any atom is 0.252 e. The SMILES string of the molecule is CCc1cccc(CC)c1N1C(=NC(=O)Cc2ccc(C)cc2)S[C@@H]2CS(=O)(=O)C[C@H]21. The normalized spacial score (nSPS) is 23.3. The average Bonchev–Trinajstić information content (AvgIpc) is 3.19. The number of rotatable bonds is 5. The molecule has 0 aromatic heterocycles. The van der Waals surface area contributed by atoms with E-state index in [0.29, 0.717) is 5.17 Å². The van der Waals surface area contributed by atoms with Crippen LogP contribution in [0.15, 0.2) is 47.5 Å². The number of amides is 1. The summed E-state index contributed by atoms with van der Waals surface area (Å²) in [4.78, 5) is 19.4. The Labute approximate surface area is 188 Å². The van der Waals surface area contributed by atoms with Gasteiger partial charge >= 0.3 is 0 Å². The third-order valence-electron chi connectivity index (χ3n) is 5.97. The molecule has 0 spiro atoms. The number of para-hydroxylation sites is 1. The number of sulfone groups is 1. The minimum Gasteiger partial charge on any atom is -0.315 e. The van der Waals surface area contributed by atoms with Crippen molar-refractivity contribution in [2.75, 3.05) is 16.4 Å². The van der Waals surface area contributed by atoms with Gasteiger partial charge in [0.05, 0.1) is 24.0 Å². The highest BCUT2D eigenvalue weighted by molar-refractivity contribution is 8.16. The van der Waals surface area contributed by atoms with Crippen LogP contribution in [0.4, 0.5) is 5.69 Å². The Kier molecular flexibility index (Phi) is 6.26. The Morgan fingerprint density at radius 2 is 1.71 bits per heavy atom. The summed E-state index contributed by atoms with van der Waals surface area (Å²) in [6.45, 7) is 6.22. The highest BCUT2D eigenvalue weighted by Crippen LogP contribution is 2.43. The van der Waals surface area contributed by atoms with Crippen LogP contribution in [-0.4, -0.2) is 42.3 Å². The van der Waals surface area contributed by atoms with Gasteiger partial charge in [0.25, 0.3) is 5.91 Å². The van der Waals surface area contributed by atoms with Crippen LogP contribution < -0.4 is 4.90 Å². The molecule has 2 aliphatic heterocycles. The number of hydrogen-bond donors (Lipinski definition) is 0. The van der Waals surface area contributed by atoms with Gasteiger partial charge in [-0.3, -0.25) is 4.79 Å². The number of fused-ring (bicyclic) bond motifs is 1. The average molecular weight is 457 g/mol. The summed E-state index contributed by atoms with van der Waals surface area (Å²) in [5, 5.41) is 0.545. The molecule has 2 atom stereocenters. The highest BCUT2D eigenvalue weighted by Gasteiger charge is 2.50. The van der Waals surface area contributed by atoms with Gasteiger partial charge in [0.15, 0.2) is 15.0 Å². The van der Waals surface area contributed by atoms with Crippen LogP contribution in [-0.2, 0) is 33.9 Å². The van der Waals surface area contributed by atoms with E-state index in [1.165, 1.54) is 11.8 Å². The van der Waals surface area contributed by atoms with E-state index in [1.54, 1.807) is 0 Å². The monoisotopic (exact) mass is 456 g/mol. The lowest BCUT2D eigenvalue weighted by molar-refractivity contribution is -0.117. The largest absolute Gasteiger partial charge is 0.315 e. The molecule has 5 nitrogen and oxygen atoms in total. The van der Waals surface area contributed by atoms with Gasteiger partial charge in [-0.15, -0.1) is 0 Å². The van der Waals surface area contributed by atoms with E-state index in [9.17, 15) is 13.2 Å². The molecular formula is C24H28N2O3S2. The van der Waals surface area contributed by atoms with E-state index in [4.69, 9.17) is 0 Å². The quantitative estimate of drug-likeness (QED) is 0.681. The third-order valence-corrected chi connectivity index (χ3v) is 9.18. The number of carbonyl (C=O) groups is 1. The molecule has 2 saturated heterocycles. The second-order valence-electron chi connectivity index (χ2n) is 8.25. The Morgan fingerprint density at radius 1 is 1.06 bits per heavy atom. The molecule has 2 aromatic carbocycles. The van der Waals surface area contributed by atoms with Crippen LogP contribution in [0.2, 0.25) is 0 Å². The Hall–Kier alpha value is -2.12. The van der Waals surface area contributed by atoms with E-state index < -0.39 is 9.84 Å². The van der Waals surface area contributed by atoms with Gasteiger partial charge in [-0.2, -0.15) is 4.99 Å². The predicted octanol–water partition coefficient (Wildman–Crippen LogP) is 3.96. The molecule has 164 valence electrons. The number of aliphatic imine (C=N–C) groups is 1. The van der Waals surface area contributed by atoms with Crippen molar-refractivity contribution in [2.24, 2.45) is 4.99 Å². The fourth-order valence-electron chi connectivity index (χ4n) is 4.38. The fraction of sp³-hybridized carbons (Fsp3) is 0.417. The van der Waals surface area contributed by atoms with Crippen LogP contribution in [0.3, 0.4) is 0 Å². The molecule has 2 heterocycles. The fourth-order valence-corrected chi connectivity index (χ4v) is 8.29. The van der Waals surface area contributed by atoms with E-state index >= 15 is 0 Å². The first-order valence-corrected chi connectivity index (χ1v) is 13.5. The number of aryl methyl sites for hydroxylation is 3. The third kappa shape index (κ3) is 4.58. The second kappa shape index (κ2) is 8.79. The summed E-state index contributed by atoms with van der Waals surface area (Å²) in [7, 11) is -3.09. The maximum absolute atomic E-state index is 12.8. The molecule has 0 unspecified atom stereocenters. The molecule has 31 heavy (non-hydrogen) atoms. The van der Waals surface area contributed by atoms with Gasteiger partial charge in [-0.1, -0.05) is 73.6 Å². The van der Waals surface area contributed by atoms with Gasteiger partial charge in [0, 0.05) is 10.9 Å². The zero-order valence-corrected chi connectivity index (χ0v) is 19.8. The lowest BCUT2D eigenvalue weighted by Crippen LogP contribution is -2.39. The van der Waals surface area contributed by atoms with Gasteiger partial charge in [-0.25, -0.2) is 8.42 Å². The summed E-state index contributed by atoms with van der Waals surface area (Å²) in [5.41, 5.74) is 5.43. The molecular weight excluding hydrogens is 428 g/mol. The first-order chi connectivity index (χ1) is 14.8. The zero-order chi connectivity index (χ0) is 22.2. The summed E-state index contributed by atoms with van der Waals surface area (Å²) in [6.07, 6.45) is 1.90. The van der Waals surface area contributed by atoms with Gasteiger partial charge < -0.3 is 4.90 Å². The van der Waals surface area contributed by atoms with Crippen LogP contribution in [0.25, 0.3) is 0 Å². The van der Waals surface area contributed by atoms with Crippen molar-refractivity contribution in [3.63, 3.8) is 0 Å². The number of thioether (sulfide) groups is 1. The maximum atomic E-state index is 12.8. The summed E-state index contributed by atoms with van der Waals surface area (Å²) < 4.78 is 24.8. The molecule has 0 N–H and O–H groups in total. The van der Waals surface area contributed by atoms with Crippen molar-refractivity contribution in [3.05, 3.63) is 64.7 Å². The highest BCUT2D eigenvalue weighted by atomic mass is 32.2. The first kappa shape index (κ1) is 22.1. The van der Waals surface area contributed by atoms with E-state index in [0.717, 1.165) is 40.8 Å². The predicted molar refractivity (Wildman–Crippen MR) is 129 cm³/mol. The molecule has 2 aromatic rings. The lowest BCUT2D eigenvalue weighted by Gasteiger charge is -2.29. The summed E-state index contributed by atoms with van der Waals surface area (Å²) >= 11 is 1.44.